The fourth-order valence-corrected chi connectivity index (χ4v) is 2.46. The SMILES string of the molecule is CCCC(CC)N(Nc1ccccc1)c1ccccc1. The van der Waals surface area contributed by atoms with Crippen molar-refractivity contribution in [1.82, 2.24) is 0 Å². The molecule has 2 heteroatoms. The van der Waals surface area contributed by atoms with Crippen molar-refractivity contribution in [2.75, 3.05) is 10.4 Å². The first-order valence-electron chi connectivity index (χ1n) is 7.51. The molecule has 20 heavy (non-hydrogen) atoms. The predicted octanol–water partition coefficient (Wildman–Crippen LogP) is 5.10. The number of hydrogen-bond acceptors (Lipinski definition) is 2. The third kappa shape index (κ3) is 3.77. The standard InChI is InChI=1S/C18H24N2/c1-3-11-17(4-2)20(18-14-9-6-10-15-18)19-16-12-7-5-8-13-16/h5-10,12-15,17,19H,3-4,11H2,1-2H3. The zero-order valence-electron chi connectivity index (χ0n) is 12.4. The molecular formula is C18H24N2. The molecule has 0 aliphatic heterocycles. The maximum absolute atomic E-state index is 3.56. The number of nitrogens with zero attached hydrogens (tertiary/aromatic N) is 1. The van der Waals surface area contributed by atoms with Crippen LogP contribution in [0.15, 0.2) is 60.7 Å². The van der Waals surface area contributed by atoms with Crippen LogP contribution in [0.5, 0.6) is 0 Å². The molecule has 0 aliphatic carbocycles. The van der Waals surface area contributed by atoms with Gasteiger partial charge < -0.3 is 0 Å². The summed E-state index contributed by atoms with van der Waals surface area (Å²) in [5.41, 5.74) is 5.91. The van der Waals surface area contributed by atoms with Gasteiger partial charge in [-0.2, -0.15) is 0 Å². The molecule has 0 spiro atoms. The Kier molecular flexibility index (Phi) is 5.48. The Labute approximate surface area is 122 Å². The highest BCUT2D eigenvalue weighted by Crippen LogP contribution is 2.22. The van der Waals surface area contributed by atoms with Crippen molar-refractivity contribution < 1.29 is 0 Å². The van der Waals surface area contributed by atoms with Crippen LogP contribution in [0.25, 0.3) is 0 Å². The molecule has 2 nitrogen and oxygen atoms in total. The molecule has 1 atom stereocenters. The van der Waals surface area contributed by atoms with Crippen LogP contribution >= 0.6 is 0 Å². The van der Waals surface area contributed by atoms with Crippen LogP contribution < -0.4 is 10.4 Å². The second-order valence-electron chi connectivity index (χ2n) is 5.03. The third-order valence-electron chi connectivity index (χ3n) is 3.52. The molecule has 0 saturated carbocycles. The second-order valence-corrected chi connectivity index (χ2v) is 5.03. The summed E-state index contributed by atoms with van der Waals surface area (Å²) >= 11 is 0. The number of hydrogen-bond donors (Lipinski definition) is 1. The van der Waals surface area contributed by atoms with Crippen molar-refractivity contribution >= 4 is 11.4 Å². The van der Waals surface area contributed by atoms with E-state index < -0.39 is 0 Å². The molecule has 1 unspecified atom stereocenters. The van der Waals surface area contributed by atoms with Gasteiger partial charge in [0.05, 0.1) is 17.4 Å². The molecule has 0 radical (unpaired) electrons. The normalized spacial score (nSPS) is 11.9. The van der Waals surface area contributed by atoms with Crippen LogP contribution in [0.4, 0.5) is 11.4 Å². The van der Waals surface area contributed by atoms with Gasteiger partial charge in [0.15, 0.2) is 0 Å². The van der Waals surface area contributed by atoms with Crippen molar-refractivity contribution in [3.8, 4) is 0 Å². The summed E-state index contributed by atoms with van der Waals surface area (Å²) in [6.45, 7) is 4.50. The molecule has 1 N–H and O–H groups in total. The summed E-state index contributed by atoms with van der Waals surface area (Å²) in [5, 5.41) is 2.30. The number of hydrazine groups is 1. The largest absolute Gasteiger partial charge is 0.298 e. The fraction of sp³-hybridized carbons (Fsp3) is 0.333. The van der Waals surface area contributed by atoms with Crippen LogP contribution in [0.3, 0.4) is 0 Å². The smallest absolute Gasteiger partial charge is 0.0575 e. The van der Waals surface area contributed by atoms with E-state index in [0.717, 1.165) is 12.1 Å². The van der Waals surface area contributed by atoms with Crippen LogP contribution in [0, 0.1) is 0 Å². The zero-order chi connectivity index (χ0) is 14.2. The molecule has 0 amide bonds. The molecule has 106 valence electrons. The van der Waals surface area contributed by atoms with E-state index in [1.54, 1.807) is 0 Å². The molecular weight excluding hydrogens is 244 g/mol. The van der Waals surface area contributed by atoms with Crippen molar-refractivity contribution in [1.29, 1.82) is 0 Å². The van der Waals surface area contributed by atoms with E-state index in [2.05, 4.69) is 78.9 Å². The quantitative estimate of drug-likeness (QED) is 0.703. The van der Waals surface area contributed by atoms with Crippen LogP contribution in [0.1, 0.15) is 33.1 Å². The molecule has 2 aromatic carbocycles. The first-order valence-corrected chi connectivity index (χ1v) is 7.51. The Morgan fingerprint density at radius 2 is 1.50 bits per heavy atom. The monoisotopic (exact) mass is 268 g/mol. The zero-order valence-corrected chi connectivity index (χ0v) is 12.4. The van der Waals surface area contributed by atoms with Gasteiger partial charge in [-0.15, -0.1) is 0 Å². The van der Waals surface area contributed by atoms with Crippen LogP contribution in [0.2, 0.25) is 0 Å². The number of para-hydroxylation sites is 2. The van der Waals surface area contributed by atoms with E-state index in [0.29, 0.717) is 6.04 Å². The summed E-state index contributed by atoms with van der Waals surface area (Å²) in [5.74, 6) is 0. The molecule has 2 aromatic rings. The van der Waals surface area contributed by atoms with Crippen molar-refractivity contribution in [3.63, 3.8) is 0 Å². The van der Waals surface area contributed by atoms with E-state index in [1.807, 2.05) is 6.07 Å². The van der Waals surface area contributed by atoms with Gasteiger partial charge in [0.2, 0.25) is 0 Å². The van der Waals surface area contributed by atoms with E-state index in [9.17, 15) is 0 Å². The van der Waals surface area contributed by atoms with E-state index in [-0.39, 0.29) is 0 Å². The maximum atomic E-state index is 3.56. The van der Waals surface area contributed by atoms with Gasteiger partial charge in [-0.3, -0.25) is 10.4 Å². The highest BCUT2D eigenvalue weighted by atomic mass is 15.5. The lowest BCUT2D eigenvalue weighted by molar-refractivity contribution is 0.554. The molecule has 2 rings (SSSR count). The average Bonchev–Trinajstić information content (AvgIpc) is 2.52. The maximum Gasteiger partial charge on any atom is 0.0575 e. The summed E-state index contributed by atoms with van der Waals surface area (Å²) < 4.78 is 0. The topological polar surface area (TPSA) is 15.3 Å². The number of rotatable bonds is 7. The lowest BCUT2D eigenvalue weighted by atomic mass is 10.1. The van der Waals surface area contributed by atoms with E-state index in [4.69, 9.17) is 0 Å². The van der Waals surface area contributed by atoms with Gasteiger partial charge in [-0.05, 0) is 37.1 Å². The van der Waals surface area contributed by atoms with Gasteiger partial charge in [0.1, 0.15) is 0 Å². The number of benzene rings is 2. The molecule has 0 bridgehead atoms. The fourth-order valence-electron chi connectivity index (χ4n) is 2.46. The van der Waals surface area contributed by atoms with Gasteiger partial charge >= 0.3 is 0 Å². The Bertz CT molecular complexity index is 481. The summed E-state index contributed by atoms with van der Waals surface area (Å²) in [4.78, 5) is 0. The van der Waals surface area contributed by atoms with Gasteiger partial charge in [-0.1, -0.05) is 56.7 Å². The summed E-state index contributed by atoms with van der Waals surface area (Å²) in [7, 11) is 0. The lowest BCUT2D eigenvalue weighted by Gasteiger charge is -2.34. The molecule has 0 aromatic heterocycles. The number of anilines is 2. The van der Waals surface area contributed by atoms with Crippen molar-refractivity contribution in [2.45, 2.75) is 39.2 Å². The highest BCUT2D eigenvalue weighted by molar-refractivity contribution is 5.55. The molecule has 0 aliphatic rings. The van der Waals surface area contributed by atoms with Gasteiger partial charge in [0, 0.05) is 0 Å². The van der Waals surface area contributed by atoms with Crippen molar-refractivity contribution in [2.24, 2.45) is 0 Å². The minimum atomic E-state index is 0.502. The van der Waals surface area contributed by atoms with E-state index in [1.165, 1.54) is 18.5 Å². The molecule has 0 heterocycles. The van der Waals surface area contributed by atoms with Crippen LogP contribution in [-0.2, 0) is 0 Å². The van der Waals surface area contributed by atoms with E-state index >= 15 is 0 Å². The Morgan fingerprint density at radius 1 is 0.900 bits per heavy atom. The average molecular weight is 268 g/mol. The number of nitrogens with one attached hydrogen (secondary N) is 1. The second kappa shape index (κ2) is 7.59. The van der Waals surface area contributed by atoms with Crippen LogP contribution in [-0.4, -0.2) is 6.04 Å². The lowest BCUT2D eigenvalue weighted by Crippen LogP contribution is -2.39. The predicted molar refractivity (Wildman–Crippen MR) is 88.0 cm³/mol. The molecule has 0 saturated heterocycles. The minimum Gasteiger partial charge on any atom is -0.298 e. The highest BCUT2D eigenvalue weighted by Gasteiger charge is 2.16. The molecule has 0 fully saturated rings. The minimum absolute atomic E-state index is 0.502. The van der Waals surface area contributed by atoms with Gasteiger partial charge in [0.25, 0.3) is 0 Å². The third-order valence-corrected chi connectivity index (χ3v) is 3.52. The van der Waals surface area contributed by atoms with Gasteiger partial charge in [-0.25, -0.2) is 0 Å². The summed E-state index contributed by atoms with van der Waals surface area (Å²) in [6, 6.07) is 21.4. The summed E-state index contributed by atoms with van der Waals surface area (Å²) in [6.07, 6.45) is 3.51. The van der Waals surface area contributed by atoms with Crippen molar-refractivity contribution in [3.05, 3.63) is 60.7 Å². The first kappa shape index (κ1) is 14.4. The Morgan fingerprint density at radius 3 is 2.05 bits per heavy atom. The first-order chi connectivity index (χ1) is 9.85. The Balaban J connectivity index is 2.24. The Hall–Kier alpha value is -1.96.